The van der Waals surface area contributed by atoms with E-state index in [-0.39, 0.29) is 5.78 Å². The van der Waals surface area contributed by atoms with E-state index in [1.165, 1.54) is 5.56 Å². The molecule has 0 bridgehead atoms. The van der Waals surface area contributed by atoms with Crippen LogP contribution in [0.2, 0.25) is 0 Å². The van der Waals surface area contributed by atoms with Gasteiger partial charge < -0.3 is 4.74 Å². The molecule has 0 amide bonds. The molecular weight excluding hydrogens is 272 g/mol. The van der Waals surface area contributed by atoms with Crippen molar-refractivity contribution in [2.45, 2.75) is 40.5 Å². The fraction of sp³-hybridized carbons (Fsp3) is 0.350. The molecule has 0 aliphatic rings. The largest absolute Gasteiger partial charge is 0.494 e. The Kier molecular flexibility index (Phi) is 5.37. The highest BCUT2D eigenvalue weighted by Gasteiger charge is 2.14. The highest BCUT2D eigenvalue weighted by molar-refractivity contribution is 5.97. The van der Waals surface area contributed by atoms with Crippen LogP contribution in [0.3, 0.4) is 0 Å². The van der Waals surface area contributed by atoms with Crippen LogP contribution in [0, 0.1) is 0 Å². The molecule has 116 valence electrons. The van der Waals surface area contributed by atoms with Gasteiger partial charge in [0.1, 0.15) is 5.75 Å². The van der Waals surface area contributed by atoms with E-state index in [2.05, 4.69) is 44.2 Å². The zero-order valence-corrected chi connectivity index (χ0v) is 13.9. The first-order valence-corrected chi connectivity index (χ1v) is 8.00. The van der Waals surface area contributed by atoms with Crippen molar-refractivity contribution in [1.82, 2.24) is 0 Å². The molecule has 0 aliphatic carbocycles. The molecule has 0 spiro atoms. The SMILES string of the molecule is CCOc1cc(-c2ccc(CC)cc2)cc(C(C)=O)c1CC. The van der Waals surface area contributed by atoms with Crippen LogP contribution in [-0.2, 0) is 12.8 Å². The first-order valence-electron chi connectivity index (χ1n) is 8.00. The summed E-state index contributed by atoms with van der Waals surface area (Å²) in [5, 5.41) is 0. The number of benzene rings is 2. The number of hydrogen-bond donors (Lipinski definition) is 0. The van der Waals surface area contributed by atoms with Crippen molar-refractivity contribution < 1.29 is 9.53 Å². The lowest BCUT2D eigenvalue weighted by Crippen LogP contribution is -2.04. The molecule has 2 nitrogen and oxygen atoms in total. The number of hydrogen-bond acceptors (Lipinski definition) is 2. The predicted octanol–water partition coefficient (Wildman–Crippen LogP) is 5.08. The quantitative estimate of drug-likeness (QED) is 0.695. The zero-order valence-electron chi connectivity index (χ0n) is 13.9. The van der Waals surface area contributed by atoms with Gasteiger partial charge in [0, 0.05) is 11.1 Å². The number of ether oxygens (including phenoxy) is 1. The van der Waals surface area contributed by atoms with Gasteiger partial charge in [-0.25, -0.2) is 0 Å². The Morgan fingerprint density at radius 1 is 0.955 bits per heavy atom. The predicted molar refractivity (Wildman–Crippen MR) is 91.8 cm³/mol. The minimum atomic E-state index is 0.0878. The smallest absolute Gasteiger partial charge is 0.160 e. The van der Waals surface area contributed by atoms with E-state index in [4.69, 9.17) is 4.74 Å². The van der Waals surface area contributed by atoms with Gasteiger partial charge in [-0.05, 0) is 55.5 Å². The molecular formula is C20H24O2. The Balaban J connectivity index is 2.57. The van der Waals surface area contributed by atoms with Crippen molar-refractivity contribution in [2.75, 3.05) is 6.61 Å². The number of carbonyl (C=O) groups is 1. The standard InChI is InChI=1S/C20H24O2/c1-5-15-8-10-16(11-9-15)17-12-19(14(4)21)18(6-2)20(13-17)22-7-3/h8-13H,5-7H2,1-4H3. The minimum absolute atomic E-state index is 0.0878. The number of rotatable bonds is 6. The van der Waals surface area contributed by atoms with Crippen molar-refractivity contribution >= 4 is 5.78 Å². The Hall–Kier alpha value is -2.09. The fourth-order valence-electron chi connectivity index (χ4n) is 2.71. The van der Waals surface area contributed by atoms with Gasteiger partial charge in [-0.1, -0.05) is 38.1 Å². The van der Waals surface area contributed by atoms with Crippen molar-refractivity contribution in [3.63, 3.8) is 0 Å². The van der Waals surface area contributed by atoms with Crippen LogP contribution in [-0.4, -0.2) is 12.4 Å². The summed E-state index contributed by atoms with van der Waals surface area (Å²) in [6.07, 6.45) is 1.82. The van der Waals surface area contributed by atoms with E-state index in [0.29, 0.717) is 6.61 Å². The van der Waals surface area contributed by atoms with Crippen LogP contribution in [0.15, 0.2) is 36.4 Å². The van der Waals surface area contributed by atoms with E-state index >= 15 is 0 Å². The molecule has 0 N–H and O–H groups in total. The molecule has 0 aliphatic heterocycles. The second kappa shape index (κ2) is 7.26. The van der Waals surface area contributed by atoms with Gasteiger partial charge in [-0.2, -0.15) is 0 Å². The van der Waals surface area contributed by atoms with E-state index in [0.717, 1.165) is 40.8 Å². The van der Waals surface area contributed by atoms with Gasteiger partial charge in [0.25, 0.3) is 0 Å². The zero-order chi connectivity index (χ0) is 16.1. The second-order valence-corrected chi connectivity index (χ2v) is 5.39. The molecule has 22 heavy (non-hydrogen) atoms. The number of aryl methyl sites for hydroxylation is 1. The molecule has 0 aromatic heterocycles. The average Bonchev–Trinajstić information content (AvgIpc) is 2.54. The molecule has 0 heterocycles. The highest BCUT2D eigenvalue weighted by atomic mass is 16.5. The molecule has 0 atom stereocenters. The monoisotopic (exact) mass is 296 g/mol. The molecule has 2 aromatic rings. The van der Waals surface area contributed by atoms with Crippen molar-refractivity contribution in [3.8, 4) is 16.9 Å². The first kappa shape index (κ1) is 16.3. The normalized spacial score (nSPS) is 10.5. The first-order chi connectivity index (χ1) is 10.6. The summed E-state index contributed by atoms with van der Waals surface area (Å²) in [7, 11) is 0. The third-order valence-corrected chi connectivity index (χ3v) is 3.94. The average molecular weight is 296 g/mol. The van der Waals surface area contributed by atoms with Crippen molar-refractivity contribution in [2.24, 2.45) is 0 Å². The lowest BCUT2D eigenvalue weighted by Gasteiger charge is -2.15. The minimum Gasteiger partial charge on any atom is -0.494 e. The van der Waals surface area contributed by atoms with Crippen LogP contribution in [0.5, 0.6) is 5.75 Å². The maximum atomic E-state index is 12.0. The van der Waals surface area contributed by atoms with E-state index in [1.54, 1.807) is 6.92 Å². The summed E-state index contributed by atoms with van der Waals surface area (Å²) in [6, 6.07) is 12.5. The second-order valence-electron chi connectivity index (χ2n) is 5.39. The van der Waals surface area contributed by atoms with Crippen LogP contribution in [0.1, 0.15) is 49.2 Å². The lowest BCUT2D eigenvalue weighted by molar-refractivity contribution is 0.101. The molecule has 2 aromatic carbocycles. The van der Waals surface area contributed by atoms with Gasteiger partial charge in [-0.15, -0.1) is 0 Å². The lowest BCUT2D eigenvalue weighted by atomic mass is 9.94. The Labute approximate surface area is 133 Å². The molecule has 2 rings (SSSR count). The Morgan fingerprint density at radius 3 is 2.14 bits per heavy atom. The van der Waals surface area contributed by atoms with Gasteiger partial charge in [0.15, 0.2) is 5.78 Å². The van der Waals surface area contributed by atoms with Crippen molar-refractivity contribution in [3.05, 3.63) is 53.1 Å². The van der Waals surface area contributed by atoms with Crippen LogP contribution < -0.4 is 4.74 Å². The maximum absolute atomic E-state index is 12.0. The van der Waals surface area contributed by atoms with Gasteiger partial charge in [-0.3, -0.25) is 4.79 Å². The maximum Gasteiger partial charge on any atom is 0.160 e. The summed E-state index contributed by atoms with van der Waals surface area (Å²) in [5.74, 6) is 0.914. The molecule has 0 saturated carbocycles. The summed E-state index contributed by atoms with van der Waals surface area (Å²) in [6.45, 7) is 8.39. The van der Waals surface area contributed by atoms with E-state index in [9.17, 15) is 4.79 Å². The number of ketones is 1. The van der Waals surface area contributed by atoms with Gasteiger partial charge in [0.2, 0.25) is 0 Å². The van der Waals surface area contributed by atoms with E-state index in [1.807, 2.05) is 13.0 Å². The summed E-state index contributed by atoms with van der Waals surface area (Å²) in [4.78, 5) is 12.0. The van der Waals surface area contributed by atoms with Crippen molar-refractivity contribution in [1.29, 1.82) is 0 Å². The summed E-state index contributed by atoms with van der Waals surface area (Å²) >= 11 is 0. The third-order valence-electron chi connectivity index (χ3n) is 3.94. The number of carbonyl (C=O) groups excluding carboxylic acids is 1. The van der Waals surface area contributed by atoms with Crippen LogP contribution in [0.4, 0.5) is 0 Å². The molecule has 0 unspecified atom stereocenters. The topological polar surface area (TPSA) is 26.3 Å². The van der Waals surface area contributed by atoms with Gasteiger partial charge in [0.05, 0.1) is 6.61 Å². The number of Topliss-reactive ketones (excluding diaryl/α,β-unsaturated/α-hetero) is 1. The molecule has 0 radical (unpaired) electrons. The molecule has 2 heteroatoms. The van der Waals surface area contributed by atoms with Crippen LogP contribution >= 0.6 is 0 Å². The third kappa shape index (κ3) is 3.38. The van der Waals surface area contributed by atoms with Crippen LogP contribution in [0.25, 0.3) is 11.1 Å². The highest BCUT2D eigenvalue weighted by Crippen LogP contribution is 2.31. The van der Waals surface area contributed by atoms with Gasteiger partial charge >= 0.3 is 0 Å². The fourth-order valence-corrected chi connectivity index (χ4v) is 2.71. The molecule has 0 fully saturated rings. The Bertz CT molecular complexity index is 654. The van der Waals surface area contributed by atoms with E-state index < -0.39 is 0 Å². The Morgan fingerprint density at radius 2 is 1.64 bits per heavy atom. The summed E-state index contributed by atoms with van der Waals surface area (Å²) in [5.41, 5.74) is 5.23. The molecule has 0 saturated heterocycles. The summed E-state index contributed by atoms with van der Waals surface area (Å²) < 4.78 is 5.77.